The molecule has 4 nitrogen and oxygen atoms in total. The Morgan fingerprint density at radius 2 is 2.06 bits per heavy atom. The highest BCUT2D eigenvalue weighted by Crippen LogP contribution is 2.40. The van der Waals surface area contributed by atoms with E-state index in [1.165, 1.54) is 18.2 Å². The van der Waals surface area contributed by atoms with Gasteiger partial charge >= 0.3 is 17.9 Å². The molecule has 0 bridgehead atoms. The van der Waals surface area contributed by atoms with Crippen molar-refractivity contribution in [2.75, 3.05) is 5.32 Å². The molecule has 7 heteroatoms. The van der Waals surface area contributed by atoms with E-state index in [9.17, 15) is 23.1 Å². The first kappa shape index (κ1) is 11.7. The number of hydrogen-bond acceptors (Lipinski definition) is 3. The molecule has 92 valence electrons. The summed E-state index contributed by atoms with van der Waals surface area (Å²) >= 11 is 0. The van der Waals surface area contributed by atoms with Gasteiger partial charge in [-0.1, -0.05) is 6.07 Å². The van der Waals surface area contributed by atoms with E-state index in [-0.39, 0.29) is 11.4 Å². The zero-order valence-electron chi connectivity index (χ0n) is 8.63. The van der Waals surface area contributed by atoms with Crippen molar-refractivity contribution < 1.29 is 27.8 Å². The summed E-state index contributed by atoms with van der Waals surface area (Å²) in [7, 11) is 0. The van der Waals surface area contributed by atoms with E-state index < -0.39 is 17.9 Å². The number of ether oxygens (including phenoxy) is 1. The summed E-state index contributed by atoms with van der Waals surface area (Å²) in [4.78, 5) is 11.2. The fraction of sp³-hybridized carbons (Fsp3) is 0.300. The molecule has 1 aromatic rings. The third-order valence-electron chi connectivity index (χ3n) is 2.33. The van der Waals surface area contributed by atoms with Crippen molar-refractivity contribution in [1.29, 1.82) is 0 Å². The highest BCUT2D eigenvalue weighted by Gasteiger charge is 2.64. The molecule has 17 heavy (non-hydrogen) atoms. The second-order valence-electron chi connectivity index (χ2n) is 3.70. The lowest BCUT2D eigenvalue weighted by atomic mass is 10.1. The van der Waals surface area contributed by atoms with Crippen LogP contribution in [0.5, 0.6) is 5.75 Å². The average molecular weight is 247 g/mol. The predicted molar refractivity (Wildman–Crippen MR) is 51.4 cm³/mol. The van der Waals surface area contributed by atoms with Gasteiger partial charge in [-0.2, -0.15) is 13.2 Å². The molecule has 0 aromatic heterocycles. The number of alkyl halides is 3. The van der Waals surface area contributed by atoms with Crippen molar-refractivity contribution in [1.82, 2.24) is 0 Å². The number of aryl methyl sites for hydroxylation is 1. The quantitative estimate of drug-likeness (QED) is 0.731. The molecule has 0 aliphatic carbocycles. The number of hydrogen-bond donors (Lipinski definition) is 2. The molecule has 0 saturated carbocycles. The predicted octanol–water partition coefficient (Wildman–Crippen LogP) is 1.58. The average Bonchev–Trinajstić information content (AvgIpc) is 2.19. The molecular formula is C10H8F3NO3. The fourth-order valence-corrected chi connectivity index (χ4v) is 1.43. The van der Waals surface area contributed by atoms with Gasteiger partial charge in [-0.25, -0.2) is 0 Å². The third kappa shape index (κ3) is 1.72. The zero-order valence-corrected chi connectivity index (χ0v) is 8.63. The van der Waals surface area contributed by atoms with Gasteiger partial charge in [-0.05, 0) is 24.6 Å². The van der Waals surface area contributed by atoms with Gasteiger partial charge in [0.1, 0.15) is 5.75 Å². The molecule has 0 saturated heterocycles. The third-order valence-corrected chi connectivity index (χ3v) is 2.33. The summed E-state index contributed by atoms with van der Waals surface area (Å²) in [6.07, 6.45) is -5.21. The van der Waals surface area contributed by atoms with E-state index in [0.717, 1.165) is 5.56 Å². The number of halogens is 3. The molecule has 2 rings (SSSR count). The summed E-state index contributed by atoms with van der Waals surface area (Å²) in [5.74, 6) is -5.71. The summed E-state index contributed by atoms with van der Waals surface area (Å²) in [5.41, 5.74) is 0.842. The molecule has 1 aliphatic rings. The maximum Gasteiger partial charge on any atom is 0.465 e. The lowest BCUT2D eigenvalue weighted by molar-refractivity contribution is -0.316. The van der Waals surface area contributed by atoms with E-state index in [0.29, 0.717) is 0 Å². The van der Waals surface area contributed by atoms with Gasteiger partial charge in [-0.3, -0.25) is 4.79 Å². The van der Waals surface area contributed by atoms with E-state index in [1.54, 1.807) is 6.92 Å². The van der Waals surface area contributed by atoms with Gasteiger partial charge in [0.25, 0.3) is 0 Å². The van der Waals surface area contributed by atoms with Crippen LogP contribution < -0.4 is 10.1 Å². The van der Waals surface area contributed by atoms with Gasteiger partial charge in [0.15, 0.2) is 0 Å². The zero-order chi connectivity index (χ0) is 12.8. The van der Waals surface area contributed by atoms with Crippen molar-refractivity contribution in [2.45, 2.75) is 18.9 Å². The monoisotopic (exact) mass is 247 g/mol. The largest absolute Gasteiger partial charge is 0.465 e. The highest BCUT2D eigenvalue weighted by atomic mass is 19.4. The Kier molecular flexibility index (Phi) is 2.32. The van der Waals surface area contributed by atoms with E-state index in [4.69, 9.17) is 0 Å². The molecule has 0 spiro atoms. The summed E-state index contributed by atoms with van der Waals surface area (Å²) in [5, 5.41) is 11.2. The second-order valence-corrected chi connectivity index (χ2v) is 3.70. The van der Waals surface area contributed by atoms with Crippen LogP contribution in [0.25, 0.3) is 0 Å². The van der Waals surface area contributed by atoms with Gasteiger partial charge in [0.2, 0.25) is 0 Å². The molecule has 1 aromatic carbocycles. The first-order chi connectivity index (χ1) is 7.74. The van der Waals surface area contributed by atoms with Crippen LogP contribution in [0.15, 0.2) is 18.2 Å². The second kappa shape index (κ2) is 3.36. The number of rotatable bonds is 0. The highest BCUT2D eigenvalue weighted by molar-refractivity contribution is 6.00. The number of fused-ring (bicyclic) bond motifs is 1. The fourth-order valence-electron chi connectivity index (χ4n) is 1.43. The van der Waals surface area contributed by atoms with Crippen LogP contribution in [0.4, 0.5) is 18.9 Å². The van der Waals surface area contributed by atoms with Crippen LogP contribution in [0, 0.1) is 6.92 Å². The van der Waals surface area contributed by atoms with Crippen molar-refractivity contribution in [2.24, 2.45) is 0 Å². The Balaban J connectivity index is 2.47. The first-order valence-corrected chi connectivity index (χ1v) is 4.64. The van der Waals surface area contributed by atoms with Gasteiger partial charge in [0, 0.05) is 0 Å². The Morgan fingerprint density at radius 1 is 1.41 bits per heavy atom. The Morgan fingerprint density at radius 3 is 2.65 bits per heavy atom. The maximum atomic E-state index is 12.5. The van der Waals surface area contributed by atoms with E-state index in [2.05, 4.69) is 4.74 Å². The normalized spacial score (nSPS) is 23.7. The standard InChI is InChI=1S/C10H8F3NO3/c1-5-2-3-7-6(4-5)14-8(15)9(16,17-7)10(11,12)13/h2-4,16H,1H3,(H,14,15)/t9-/m0/s1. The summed E-state index contributed by atoms with van der Waals surface area (Å²) < 4.78 is 41.9. The molecular weight excluding hydrogens is 239 g/mol. The van der Waals surface area contributed by atoms with Crippen LogP contribution in [0.2, 0.25) is 0 Å². The summed E-state index contributed by atoms with van der Waals surface area (Å²) in [6, 6.07) is 4.21. The molecule has 0 radical (unpaired) electrons. The Bertz CT molecular complexity index is 486. The number of anilines is 1. The van der Waals surface area contributed by atoms with Crippen LogP contribution >= 0.6 is 0 Å². The Hall–Kier alpha value is -1.76. The van der Waals surface area contributed by atoms with Crippen molar-refractivity contribution in [3.05, 3.63) is 23.8 Å². The molecule has 2 N–H and O–H groups in total. The minimum atomic E-state index is -5.21. The minimum Gasteiger partial charge on any atom is -0.444 e. The van der Waals surface area contributed by atoms with E-state index >= 15 is 0 Å². The lowest BCUT2D eigenvalue weighted by Crippen LogP contribution is -2.60. The molecule has 1 amide bonds. The lowest BCUT2D eigenvalue weighted by Gasteiger charge is -2.33. The molecule has 1 aliphatic heterocycles. The number of amides is 1. The van der Waals surface area contributed by atoms with Gasteiger partial charge < -0.3 is 15.2 Å². The maximum absolute atomic E-state index is 12.5. The van der Waals surface area contributed by atoms with Gasteiger partial charge in [-0.15, -0.1) is 0 Å². The van der Waals surface area contributed by atoms with Crippen molar-refractivity contribution in [3.63, 3.8) is 0 Å². The number of aliphatic hydroxyl groups is 1. The number of carbonyl (C=O) groups is 1. The van der Waals surface area contributed by atoms with Crippen LogP contribution in [0.1, 0.15) is 5.56 Å². The number of nitrogens with one attached hydrogen (secondary N) is 1. The van der Waals surface area contributed by atoms with Crippen molar-refractivity contribution in [3.8, 4) is 5.75 Å². The minimum absolute atomic E-state index is 0.101. The Labute approximate surface area is 94.0 Å². The smallest absolute Gasteiger partial charge is 0.444 e. The van der Waals surface area contributed by atoms with Crippen LogP contribution in [-0.4, -0.2) is 23.0 Å². The molecule has 1 heterocycles. The van der Waals surface area contributed by atoms with Crippen LogP contribution in [-0.2, 0) is 4.79 Å². The van der Waals surface area contributed by atoms with E-state index in [1.807, 2.05) is 5.32 Å². The molecule has 1 atom stereocenters. The molecule has 0 fully saturated rings. The summed E-state index contributed by atoms with van der Waals surface area (Å²) in [6.45, 7) is 1.71. The topological polar surface area (TPSA) is 58.6 Å². The SMILES string of the molecule is Cc1ccc2c(c1)NC(=O)[C@@](O)(C(F)(F)F)O2. The molecule has 0 unspecified atom stereocenters. The number of benzene rings is 1. The van der Waals surface area contributed by atoms with Crippen LogP contribution in [0.3, 0.4) is 0 Å². The first-order valence-electron chi connectivity index (χ1n) is 4.64. The van der Waals surface area contributed by atoms with Gasteiger partial charge in [0.05, 0.1) is 5.69 Å². The number of carbonyl (C=O) groups excluding carboxylic acids is 1. The van der Waals surface area contributed by atoms with Crippen molar-refractivity contribution >= 4 is 11.6 Å².